The molecule has 1 heterocycles. The molecule has 1 aliphatic heterocycles. The van der Waals surface area contributed by atoms with Gasteiger partial charge in [-0.25, -0.2) is 8.78 Å². The van der Waals surface area contributed by atoms with E-state index in [0.717, 1.165) is 6.07 Å². The summed E-state index contributed by atoms with van der Waals surface area (Å²) < 4.78 is 39.5. The molecule has 172 valence electrons. The maximum absolute atomic E-state index is 14.6. The highest BCUT2D eigenvalue weighted by atomic mass is 19.1. The molecule has 1 aliphatic rings. The Hall–Kier alpha value is -3.16. The number of benzene rings is 2. The van der Waals surface area contributed by atoms with Crippen molar-refractivity contribution in [2.24, 2.45) is 0 Å². The summed E-state index contributed by atoms with van der Waals surface area (Å²) in [6, 6.07) is 7.49. The summed E-state index contributed by atoms with van der Waals surface area (Å²) in [5, 5.41) is 0. The van der Waals surface area contributed by atoms with Gasteiger partial charge in [0.05, 0.1) is 24.3 Å². The molecule has 0 aromatic heterocycles. The summed E-state index contributed by atoms with van der Waals surface area (Å²) in [6.07, 6.45) is -0.114. The Bertz CT molecular complexity index is 999. The van der Waals surface area contributed by atoms with Gasteiger partial charge in [0.1, 0.15) is 23.1 Å². The van der Waals surface area contributed by atoms with Crippen molar-refractivity contribution in [1.29, 1.82) is 0 Å². The third-order valence-corrected chi connectivity index (χ3v) is 5.39. The highest BCUT2D eigenvalue weighted by molar-refractivity contribution is 5.97. The Kier molecular flexibility index (Phi) is 7.01. The number of amides is 2. The minimum Gasteiger partial charge on any atom is -0.497 e. The zero-order chi connectivity index (χ0) is 23.6. The van der Waals surface area contributed by atoms with Crippen molar-refractivity contribution in [2.75, 3.05) is 20.2 Å². The first-order valence-corrected chi connectivity index (χ1v) is 10.5. The molecule has 0 unspecified atom stereocenters. The van der Waals surface area contributed by atoms with Crippen molar-refractivity contribution in [3.8, 4) is 11.5 Å². The minimum atomic E-state index is -0.668. The monoisotopic (exact) mass is 446 g/mol. The number of piperazine rings is 1. The Morgan fingerprint density at radius 1 is 0.906 bits per heavy atom. The third-order valence-electron chi connectivity index (χ3n) is 5.39. The van der Waals surface area contributed by atoms with Crippen LogP contribution in [-0.2, 0) is 0 Å². The van der Waals surface area contributed by atoms with Crippen LogP contribution in [0.3, 0.4) is 0 Å². The van der Waals surface area contributed by atoms with Gasteiger partial charge in [0.2, 0.25) is 0 Å². The molecule has 0 bridgehead atoms. The highest BCUT2D eigenvalue weighted by Gasteiger charge is 2.36. The van der Waals surface area contributed by atoms with Crippen molar-refractivity contribution in [3.63, 3.8) is 0 Å². The van der Waals surface area contributed by atoms with Crippen molar-refractivity contribution < 1.29 is 27.8 Å². The standard InChI is InChI=1S/C24H28F2N2O4/c1-14(2)32-18-7-9-20(22(26)11-18)24(30)28-15(3)12-27(13-16(28)4)23(29)19-8-6-17(31-5)10-21(19)25/h6-11,14-16H,12-13H2,1-5H3/t15-,16-/m1/s1. The van der Waals surface area contributed by atoms with Crippen molar-refractivity contribution in [2.45, 2.75) is 45.9 Å². The third kappa shape index (κ3) is 4.84. The lowest BCUT2D eigenvalue weighted by Crippen LogP contribution is -2.60. The molecule has 0 aliphatic carbocycles. The maximum atomic E-state index is 14.6. The number of methoxy groups -OCH3 is 1. The molecule has 0 radical (unpaired) electrons. The molecular weight excluding hydrogens is 418 g/mol. The second-order valence-corrected chi connectivity index (χ2v) is 8.27. The molecule has 1 fully saturated rings. The molecule has 32 heavy (non-hydrogen) atoms. The van der Waals surface area contributed by atoms with Gasteiger partial charge in [-0.3, -0.25) is 9.59 Å². The lowest BCUT2D eigenvalue weighted by Gasteiger charge is -2.44. The van der Waals surface area contributed by atoms with Gasteiger partial charge < -0.3 is 19.3 Å². The van der Waals surface area contributed by atoms with Gasteiger partial charge >= 0.3 is 0 Å². The normalized spacial score (nSPS) is 18.6. The number of hydrogen-bond donors (Lipinski definition) is 0. The number of nitrogens with zero attached hydrogens (tertiary/aromatic N) is 2. The zero-order valence-electron chi connectivity index (χ0n) is 18.9. The van der Waals surface area contributed by atoms with Crippen molar-refractivity contribution >= 4 is 11.8 Å². The SMILES string of the molecule is COc1ccc(C(=O)N2C[C@@H](C)N(C(=O)c3ccc(OC(C)C)cc3F)[C@H](C)C2)c(F)c1. The number of ether oxygens (including phenoxy) is 2. The number of carbonyl (C=O) groups excluding carboxylic acids is 2. The van der Waals surface area contributed by atoms with Crippen LogP contribution in [0.2, 0.25) is 0 Å². The van der Waals surface area contributed by atoms with Crippen LogP contribution < -0.4 is 9.47 Å². The van der Waals surface area contributed by atoms with Crippen LogP contribution in [0, 0.1) is 11.6 Å². The fraction of sp³-hybridized carbons (Fsp3) is 0.417. The average Bonchev–Trinajstić information content (AvgIpc) is 2.72. The van der Waals surface area contributed by atoms with Gasteiger partial charge in [-0.05, 0) is 52.0 Å². The average molecular weight is 446 g/mol. The summed E-state index contributed by atoms with van der Waals surface area (Å²) >= 11 is 0. The Morgan fingerprint density at radius 2 is 1.41 bits per heavy atom. The molecule has 0 spiro atoms. The fourth-order valence-electron chi connectivity index (χ4n) is 4.01. The summed E-state index contributed by atoms with van der Waals surface area (Å²) in [4.78, 5) is 29.1. The predicted octanol–water partition coefficient (Wildman–Crippen LogP) is 4.14. The summed E-state index contributed by atoms with van der Waals surface area (Å²) in [7, 11) is 1.42. The maximum Gasteiger partial charge on any atom is 0.257 e. The van der Waals surface area contributed by atoms with Crippen LogP contribution in [0.5, 0.6) is 11.5 Å². The molecule has 1 saturated heterocycles. The number of halogens is 2. The van der Waals surface area contributed by atoms with E-state index in [1.54, 1.807) is 24.8 Å². The summed E-state index contributed by atoms with van der Waals surface area (Å²) in [6.45, 7) is 7.64. The summed E-state index contributed by atoms with van der Waals surface area (Å²) in [5.74, 6) is -1.57. The van der Waals surface area contributed by atoms with E-state index in [1.165, 1.54) is 36.3 Å². The van der Waals surface area contributed by atoms with Crippen LogP contribution in [0.25, 0.3) is 0 Å². The van der Waals surface area contributed by atoms with E-state index in [2.05, 4.69) is 0 Å². The van der Waals surface area contributed by atoms with Crippen molar-refractivity contribution in [3.05, 3.63) is 59.2 Å². The molecule has 3 rings (SSSR count). The van der Waals surface area contributed by atoms with E-state index in [9.17, 15) is 18.4 Å². The first-order valence-electron chi connectivity index (χ1n) is 10.5. The highest BCUT2D eigenvalue weighted by Crippen LogP contribution is 2.25. The topological polar surface area (TPSA) is 59.1 Å². The van der Waals surface area contributed by atoms with Crippen molar-refractivity contribution in [1.82, 2.24) is 9.80 Å². The molecular formula is C24H28F2N2O4. The first kappa shape index (κ1) is 23.5. The lowest BCUT2D eigenvalue weighted by atomic mass is 10.0. The van der Waals surface area contributed by atoms with Gasteiger partial charge in [-0.15, -0.1) is 0 Å². The molecule has 8 heteroatoms. The second kappa shape index (κ2) is 9.54. The number of hydrogen-bond acceptors (Lipinski definition) is 4. The van der Waals surface area contributed by atoms with Crippen LogP contribution in [-0.4, -0.2) is 60.0 Å². The van der Waals surface area contributed by atoms with Crippen LogP contribution >= 0.6 is 0 Å². The first-order chi connectivity index (χ1) is 15.1. The molecule has 2 aromatic carbocycles. The molecule has 0 saturated carbocycles. The van der Waals surface area contributed by atoms with E-state index < -0.39 is 23.4 Å². The van der Waals surface area contributed by atoms with Gasteiger partial charge in [0.15, 0.2) is 0 Å². The lowest BCUT2D eigenvalue weighted by molar-refractivity contribution is 0.0249. The molecule has 6 nitrogen and oxygen atoms in total. The Labute approximate surface area is 186 Å². The van der Waals surface area contributed by atoms with Gasteiger partial charge in [0.25, 0.3) is 11.8 Å². The molecule has 2 atom stereocenters. The Morgan fingerprint density at radius 3 is 1.91 bits per heavy atom. The zero-order valence-corrected chi connectivity index (χ0v) is 18.9. The largest absolute Gasteiger partial charge is 0.497 e. The van der Waals surface area contributed by atoms with E-state index in [1.807, 2.05) is 13.8 Å². The van der Waals surface area contributed by atoms with Gasteiger partial charge in [0, 0.05) is 37.3 Å². The predicted molar refractivity (Wildman–Crippen MR) is 116 cm³/mol. The quantitative estimate of drug-likeness (QED) is 0.693. The number of carbonyl (C=O) groups is 2. The van der Waals surface area contributed by atoms with E-state index in [0.29, 0.717) is 11.5 Å². The van der Waals surface area contributed by atoms with E-state index in [4.69, 9.17) is 9.47 Å². The Balaban J connectivity index is 1.76. The molecule has 2 amide bonds. The van der Waals surface area contributed by atoms with Crippen LogP contribution in [0.15, 0.2) is 36.4 Å². The summed E-state index contributed by atoms with van der Waals surface area (Å²) in [5.41, 5.74) is -0.113. The van der Waals surface area contributed by atoms with E-state index in [-0.39, 0.29) is 42.4 Å². The van der Waals surface area contributed by atoms with Crippen LogP contribution in [0.1, 0.15) is 48.4 Å². The second-order valence-electron chi connectivity index (χ2n) is 8.27. The van der Waals surface area contributed by atoms with Gasteiger partial charge in [-0.1, -0.05) is 0 Å². The number of rotatable bonds is 5. The van der Waals surface area contributed by atoms with Gasteiger partial charge in [-0.2, -0.15) is 0 Å². The molecule has 0 N–H and O–H groups in total. The van der Waals surface area contributed by atoms with Crippen LogP contribution in [0.4, 0.5) is 8.78 Å². The fourth-order valence-corrected chi connectivity index (χ4v) is 4.01. The smallest absolute Gasteiger partial charge is 0.257 e. The minimum absolute atomic E-state index is 0.0548. The molecule has 2 aromatic rings. The van der Waals surface area contributed by atoms with E-state index >= 15 is 0 Å².